The monoisotopic (exact) mass is 389 g/mol. The van der Waals surface area contributed by atoms with Gasteiger partial charge < -0.3 is 14.4 Å². The molecule has 5 nitrogen and oxygen atoms in total. The summed E-state index contributed by atoms with van der Waals surface area (Å²) in [6.45, 7) is 6.42. The standard InChI is InChI=1S/C24H27N3O2/c1-28-24-9-8-23(27-12-14-29-15-13-27)20-16-26(17-21(20)24)11-10-19-7-6-18-4-2-3-5-22(18)25-19/h2-9H,10-17H2,1H3. The van der Waals surface area contributed by atoms with Crippen molar-refractivity contribution in [3.63, 3.8) is 0 Å². The van der Waals surface area contributed by atoms with Gasteiger partial charge in [0.15, 0.2) is 0 Å². The number of para-hydroxylation sites is 1. The molecule has 3 aromatic rings. The normalized spacial score (nSPS) is 16.9. The van der Waals surface area contributed by atoms with E-state index in [-0.39, 0.29) is 0 Å². The topological polar surface area (TPSA) is 37.8 Å². The number of ether oxygens (including phenoxy) is 2. The van der Waals surface area contributed by atoms with Crippen molar-refractivity contribution in [2.24, 2.45) is 0 Å². The van der Waals surface area contributed by atoms with Gasteiger partial charge in [-0.3, -0.25) is 9.88 Å². The summed E-state index contributed by atoms with van der Waals surface area (Å²) in [7, 11) is 1.77. The molecule has 1 saturated heterocycles. The Morgan fingerprint density at radius 3 is 2.66 bits per heavy atom. The fourth-order valence-electron chi connectivity index (χ4n) is 4.48. The Morgan fingerprint density at radius 2 is 1.79 bits per heavy atom. The van der Waals surface area contributed by atoms with Crippen LogP contribution in [0, 0.1) is 0 Å². The van der Waals surface area contributed by atoms with E-state index < -0.39 is 0 Å². The predicted molar refractivity (Wildman–Crippen MR) is 116 cm³/mol. The molecule has 0 aliphatic carbocycles. The van der Waals surface area contributed by atoms with Crippen molar-refractivity contribution < 1.29 is 9.47 Å². The first-order valence-electron chi connectivity index (χ1n) is 10.4. The summed E-state index contributed by atoms with van der Waals surface area (Å²) in [6, 6.07) is 17.0. The lowest BCUT2D eigenvalue weighted by atomic mass is 10.1. The van der Waals surface area contributed by atoms with Crippen molar-refractivity contribution >= 4 is 16.6 Å². The first-order chi connectivity index (χ1) is 14.3. The number of benzene rings is 2. The zero-order valence-corrected chi connectivity index (χ0v) is 16.9. The molecule has 1 fully saturated rings. The van der Waals surface area contributed by atoms with Crippen molar-refractivity contribution in [1.29, 1.82) is 0 Å². The van der Waals surface area contributed by atoms with Crippen LogP contribution >= 0.6 is 0 Å². The van der Waals surface area contributed by atoms with Crippen LogP contribution in [0.4, 0.5) is 5.69 Å². The number of morpholine rings is 1. The highest BCUT2D eigenvalue weighted by atomic mass is 16.5. The number of nitrogens with zero attached hydrogens (tertiary/aromatic N) is 3. The minimum Gasteiger partial charge on any atom is -0.496 e. The molecule has 2 aromatic carbocycles. The van der Waals surface area contributed by atoms with Crippen LogP contribution in [0.1, 0.15) is 16.8 Å². The molecular weight excluding hydrogens is 362 g/mol. The Labute approximate surface area is 171 Å². The van der Waals surface area contributed by atoms with Gasteiger partial charge in [-0.2, -0.15) is 0 Å². The van der Waals surface area contributed by atoms with Gasteiger partial charge in [0.25, 0.3) is 0 Å². The highest BCUT2D eigenvalue weighted by molar-refractivity contribution is 5.78. The van der Waals surface area contributed by atoms with E-state index >= 15 is 0 Å². The van der Waals surface area contributed by atoms with Crippen LogP contribution in [0.3, 0.4) is 0 Å². The average Bonchev–Trinajstić information content (AvgIpc) is 3.22. The van der Waals surface area contributed by atoms with Crippen LogP contribution in [0.25, 0.3) is 10.9 Å². The second kappa shape index (κ2) is 8.01. The molecule has 0 bridgehead atoms. The smallest absolute Gasteiger partial charge is 0.123 e. The maximum Gasteiger partial charge on any atom is 0.123 e. The maximum atomic E-state index is 5.68. The number of fused-ring (bicyclic) bond motifs is 2. The third-order valence-electron chi connectivity index (χ3n) is 6.04. The third kappa shape index (κ3) is 3.68. The van der Waals surface area contributed by atoms with Gasteiger partial charge in [-0.1, -0.05) is 24.3 Å². The van der Waals surface area contributed by atoms with Gasteiger partial charge in [0.2, 0.25) is 0 Å². The second-order valence-electron chi connectivity index (χ2n) is 7.80. The molecule has 0 atom stereocenters. The summed E-state index contributed by atoms with van der Waals surface area (Å²) in [4.78, 5) is 9.80. The Bertz CT molecular complexity index is 1010. The number of hydrogen-bond donors (Lipinski definition) is 0. The first-order valence-corrected chi connectivity index (χ1v) is 10.4. The van der Waals surface area contributed by atoms with Crippen LogP contribution in [-0.2, 0) is 24.2 Å². The molecule has 0 spiro atoms. The summed E-state index contributed by atoms with van der Waals surface area (Å²) >= 11 is 0. The Balaban J connectivity index is 1.33. The van der Waals surface area contributed by atoms with Crippen molar-refractivity contribution in [3.05, 3.63) is 65.4 Å². The summed E-state index contributed by atoms with van der Waals surface area (Å²) in [6.07, 6.45) is 0.952. The number of rotatable bonds is 5. The largest absolute Gasteiger partial charge is 0.496 e. The van der Waals surface area contributed by atoms with E-state index in [0.29, 0.717) is 0 Å². The zero-order valence-electron chi connectivity index (χ0n) is 16.9. The van der Waals surface area contributed by atoms with Crippen LogP contribution in [0.2, 0.25) is 0 Å². The Hall–Kier alpha value is -2.63. The van der Waals surface area contributed by atoms with Crippen LogP contribution in [0.15, 0.2) is 48.5 Å². The lowest BCUT2D eigenvalue weighted by Crippen LogP contribution is -2.36. The number of pyridine rings is 1. The average molecular weight is 389 g/mol. The molecule has 0 radical (unpaired) electrons. The van der Waals surface area contributed by atoms with Crippen molar-refractivity contribution in [2.75, 3.05) is 44.9 Å². The van der Waals surface area contributed by atoms with E-state index in [1.807, 2.05) is 0 Å². The van der Waals surface area contributed by atoms with Gasteiger partial charge in [0.1, 0.15) is 5.75 Å². The molecule has 0 saturated carbocycles. The Kier molecular flexibility index (Phi) is 5.08. The van der Waals surface area contributed by atoms with Gasteiger partial charge in [-0.25, -0.2) is 0 Å². The number of hydrogen-bond acceptors (Lipinski definition) is 5. The number of aromatic nitrogens is 1. The fourth-order valence-corrected chi connectivity index (χ4v) is 4.48. The minimum atomic E-state index is 0.804. The molecular formula is C24H27N3O2. The molecule has 29 heavy (non-hydrogen) atoms. The third-order valence-corrected chi connectivity index (χ3v) is 6.04. The highest BCUT2D eigenvalue weighted by Gasteiger charge is 2.27. The summed E-state index contributed by atoms with van der Waals surface area (Å²) in [5.74, 6) is 1.00. The fraction of sp³-hybridized carbons (Fsp3) is 0.375. The molecule has 2 aliphatic heterocycles. The van der Waals surface area contributed by atoms with E-state index in [1.165, 1.54) is 22.2 Å². The van der Waals surface area contributed by atoms with E-state index in [2.05, 4.69) is 58.3 Å². The molecule has 2 aliphatic rings. The van der Waals surface area contributed by atoms with Crippen LogP contribution < -0.4 is 9.64 Å². The maximum absolute atomic E-state index is 5.68. The quantitative estimate of drug-likeness (QED) is 0.666. The van der Waals surface area contributed by atoms with Crippen LogP contribution in [-0.4, -0.2) is 49.8 Å². The highest BCUT2D eigenvalue weighted by Crippen LogP contribution is 2.38. The SMILES string of the molecule is COc1ccc(N2CCOCC2)c2c1CN(CCc1ccc3ccccc3n1)C2. The molecule has 0 unspecified atom stereocenters. The van der Waals surface area contributed by atoms with E-state index in [1.54, 1.807) is 7.11 Å². The predicted octanol–water partition coefficient (Wildman–Crippen LogP) is 3.64. The molecule has 5 heteroatoms. The van der Waals surface area contributed by atoms with Gasteiger partial charge in [0.05, 0.1) is 25.8 Å². The van der Waals surface area contributed by atoms with E-state index in [9.17, 15) is 0 Å². The molecule has 3 heterocycles. The minimum absolute atomic E-state index is 0.804. The van der Waals surface area contributed by atoms with Gasteiger partial charge in [-0.05, 0) is 29.8 Å². The lowest BCUT2D eigenvalue weighted by molar-refractivity contribution is 0.122. The van der Waals surface area contributed by atoms with Crippen LogP contribution in [0.5, 0.6) is 5.75 Å². The lowest BCUT2D eigenvalue weighted by Gasteiger charge is -2.31. The molecule has 1 aromatic heterocycles. The number of anilines is 1. The second-order valence-corrected chi connectivity index (χ2v) is 7.80. The van der Waals surface area contributed by atoms with Crippen molar-refractivity contribution in [3.8, 4) is 5.75 Å². The van der Waals surface area contributed by atoms with E-state index in [4.69, 9.17) is 14.5 Å². The van der Waals surface area contributed by atoms with Gasteiger partial charge in [-0.15, -0.1) is 0 Å². The zero-order chi connectivity index (χ0) is 19.6. The van der Waals surface area contributed by atoms with Gasteiger partial charge >= 0.3 is 0 Å². The van der Waals surface area contributed by atoms with E-state index in [0.717, 1.165) is 69.3 Å². The summed E-state index contributed by atoms with van der Waals surface area (Å²) in [5.41, 5.74) is 6.32. The summed E-state index contributed by atoms with van der Waals surface area (Å²) < 4.78 is 11.2. The Morgan fingerprint density at radius 1 is 0.966 bits per heavy atom. The first kappa shape index (κ1) is 18.4. The molecule has 0 N–H and O–H groups in total. The summed E-state index contributed by atoms with van der Waals surface area (Å²) in [5, 5.41) is 1.20. The molecule has 5 rings (SSSR count). The van der Waals surface area contributed by atoms with Crippen molar-refractivity contribution in [2.45, 2.75) is 19.5 Å². The number of methoxy groups -OCH3 is 1. The van der Waals surface area contributed by atoms with Gasteiger partial charge in [0, 0.05) is 61.5 Å². The molecule has 150 valence electrons. The van der Waals surface area contributed by atoms with Crippen molar-refractivity contribution in [1.82, 2.24) is 9.88 Å². The molecule has 0 amide bonds.